The SMILES string of the molecule is CCCc1cc(C(=O)O)cc(NCCCCC(F)(F)F)n1. The van der Waals surface area contributed by atoms with Crippen molar-refractivity contribution in [2.75, 3.05) is 11.9 Å². The Balaban J connectivity index is 2.55. The largest absolute Gasteiger partial charge is 0.478 e. The van der Waals surface area contributed by atoms with Gasteiger partial charge in [-0.05, 0) is 31.4 Å². The number of carbonyl (C=O) groups is 1. The van der Waals surface area contributed by atoms with Crippen LogP contribution in [-0.4, -0.2) is 28.8 Å². The minimum absolute atomic E-state index is 0.0386. The Morgan fingerprint density at radius 2 is 2.05 bits per heavy atom. The molecule has 7 heteroatoms. The maximum atomic E-state index is 12.0. The van der Waals surface area contributed by atoms with E-state index in [-0.39, 0.29) is 12.0 Å². The van der Waals surface area contributed by atoms with Crippen LogP contribution in [0.1, 0.15) is 48.7 Å². The number of nitrogens with one attached hydrogen (secondary N) is 1. The van der Waals surface area contributed by atoms with E-state index in [0.717, 1.165) is 6.42 Å². The third kappa shape index (κ3) is 6.97. The van der Waals surface area contributed by atoms with Gasteiger partial charge in [-0.15, -0.1) is 0 Å². The number of nitrogens with zero attached hydrogens (tertiary/aromatic N) is 1. The molecule has 1 rings (SSSR count). The van der Waals surface area contributed by atoms with Crippen molar-refractivity contribution in [3.8, 4) is 0 Å². The summed E-state index contributed by atoms with van der Waals surface area (Å²) in [5, 5.41) is 11.9. The van der Waals surface area contributed by atoms with E-state index >= 15 is 0 Å². The minimum Gasteiger partial charge on any atom is -0.478 e. The highest BCUT2D eigenvalue weighted by atomic mass is 19.4. The smallest absolute Gasteiger partial charge is 0.389 e. The molecule has 0 unspecified atom stereocenters. The van der Waals surface area contributed by atoms with Gasteiger partial charge in [0.1, 0.15) is 5.82 Å². The van der Waals surface area contributed by atoms with Gasteiger partial charge in [0.2, 0.25) is 0 Å². The van der Waals surface area contributed by atoms with Crippen LogP contribution in [0, 0.1) is 0 Å². The molecule has 1 heterocycles. The molecule has 0 aliphatic carbocycles. The molecule has 21 heavy (non-hydrogen) atoms. The maximum absolute atomic E-state index is 12.0. The number of halogens is 3. The predicted octanol–water partition coefficient (Wildman–Crippen LogP) is 3.88. The zero-order chi connectivity index (χ0) is 15.9. The molecule has 0 bridgehead atoms. The van der Waals surface area contributed by atoms with E-state index in [0.29, 0.717) is 30.9 Å². The number of carboxylic acid groups (broad SMARTS) is 1. The molecule has 0 atom stereocenters. The summed E-state index contributed by atoms with van der Waals surface area (Å²) in [4.78, 5) is 15.3. The third-order valence-electron chi connectivity index (χ3n) is 2.82. The first-order valence-corrected chi connectivity index (χ1v) is 6.86. The number of alkyl halides is 3. The highest BCUT2D eigenvalue weighted by molar-refractivity contribution is 5.88. The second-order valence-corrected chi connectivity index (χ2v) is 4.79. The number of pyridine rings is 1. The van der Waals surface area contributed by atoms with Crippen molar-refractivity contribution in [2.45, 2.75) is 45.2 Å². The van der Waals surface area contributed by atoms with Gasteiger partial charge >= 0.3 is 12.1 Å². The summed E-state index contributed by atoms with van der Waals surface area (Å²) in [6.07, 6.45) is -3.06. The van der Waals surface area contributed by atoms with Gasteiger partial charge < -0.3 is 10.4 Å². The fourth-order valence-corrected chi connectivity index (χ4v) is 1.85. The van der Waals surface area contributed by atoms with E-state index in [4.69, 9.17) is 5.11 Å². The Hall–Kier alpha value is -1.79. The topological polar surface area (TPSA) is 62.2 Å². The summed E-state index contributed by atoms with van der Waals surface area (Å²) in [6.45, 7) is 2.29. The number of aryl methyl sites for hydroxylation is 1. The Kier molecular flexibility index (Phi) is 6.45. The average Bonchev–Trinajstić information content (AvgIpc) is 2.37. The summed E-state index contributed by atoms with van der Waals surface area (Å²) in [5.41, 5.74) is 0.793. The van der Waals surface area contributed by atoms with Crippen molar-refractivity contribution in [2.24, 2.45) is 0 Å². The van der Waals surface area contributed by atoms with Gasteiger partial charge in [-0.25, -0.2) is 9.78 Å². The average molecular weight is 304 g/mol. The summed E-state index contributed by atoms with van der Waals surface area (Å²) < 4.78 is 36.0. The van der Waals surface area contributed by atoms with Crippen molar-refractivity contribution in [3.05, 3.63) is 23.4 Å². The van der Waals surface area contributed by atoms with Crippen molar-refractivity contribution in [1.29, 1.82) is 0 Å². The highest BCUT2D eigenvalue weighted by Gasteiger charge is 2.25. The molecule has 2 N–H and O–H groups in total. The summed E-state index contributed by atoms with van der Waals surface area (Å²) in [6, 6.07) is 2.91. The van der Waals surface area contributed by atoms with Gasteiger partial charge in [0.05, 0.1) is 5.56 Å². The number of aromatic carboxylic acids is 1. The van der Waals surface area contributed by atoms with Gasteiger partial charge in [0, 0.05) is 18.7 Å². The molecular weight excluding hydrogens is 285 g/mol. The standard InChI is InChI=1S/C14H19F3N2O2/c1-2-5-11-8-10(13(20)21)9-12(19-11)18-7-4-3-6-14(15,16)17/h8-9H,2-7H2,1H3,(H,18,19)(H,20,21). The highest BCUT2D eigenvalue weighted by Crippen LogP contribution is 2.22. The number of aromatic nitrogens is 1. The van der Waals surface area contributed by atoms with Gasteiger partial charge in [-0.3, -0.25) is 0 Å². The van der Waals surface area contributed by atoms with E-state index in [1.165, 1.54) is 12.1 Å². The van der Waals surface area contributed by atoms with Gasteiger partial charge in [0.15, 0.2) is 0 Å². The summed E-state index contributed by atoms with van der Waals surface area (Å²) in [7, 11) is 0. The first kappa shape index (κ1) is 17.3. The van der Waals surface area contributed by atoms with Crippen molar-refractivity contribution < 1.29 is 23.1 Å². The molecule has 1 aromatic heterocycles. The Morgan fingerprint density at radius 1 is 1.33 bits per heavy atom. The van der Waals surface area contributed by atoms with E-state index in [1.807, 2.05) is 6.92 Å². The van der Waals surface area contributed by atoms with Crippen molar-refractivity contribution in [1.82, 2.24) is 4.98 Å². The first-order chi connectivity index (χ1) is 9.81. The lowest BCUT2D eigenvalue weighted by Gasteiger charge is -2.09. The van der Waals surface area contributed by atoms with Crippen LogP contribution in [-0.2, 0) is 6.42 Å². The molecule has 0 saturated heterocycles. The summed E-state index contributed by atoms with van der Waals surface area (Å²) in [5.74, 6) is -0.653. The lowest BCUT2D eigenvalue weighted by Crippen LogP contribution is -2.10. The van der Waals surface area contributed by atoms with Crippen molar-refractivity contribution in [3.63, 3.8) is 0 Å². The number of anilines is 1. The molecule has 0 amide bonds. The Bertz CT molecular complexity index is 476. The number of carboxylic acids is 1. The third-order valence-corrected chi connectivity index (χ3v) is 2.82. The van der Waals surface area contributed by atoms with Crippen LogP contribution >= 0.6 is 0 Å². The Morgan fingerprint density at radius 3 is 2.62 bits per heavy atom. The normalized spacial score (nSPS) is 11.4. The predicted molar refractivity (Wildman–Crippen MR) is 73.6 cm³/mol. The summed E-state index contributed by atoms with van der Waals surface area (Å²) >= 11 is 0. The molecule has 0 saturated carbocycles. The maximum Gasteiger partial charge on any atom is 0.389 e. The quantitative estimate of drug-likeness (QED) is 0.716. The lowest BCUT2D eigenvalue weighted by atomic mass is 10.1. The molecule has 0 aliphatic heterocycles. The zero-order valence-electron chi connectivity index (χ0n) is 11.8. The van der Waals surface area contributed by atoms with Gasteiger partial charge in [0.25, 0.3) is 0 Å². The van der Waals surface area contributed by atoms with Gasteiger partial charge in [-0.1, -0.05) is 13.3 Å². The van der Waals surface area contributed by atoms with Crippen LogP contribution in [0.3, 0.4) is 0 Å². The zero-order valence-corrected chi connectivity index (χ0v) is 11.8. The fraction of sp³-hybridized carbons (Fsp3) is 0.571. The molecule has 0 spiro atoms. The van der Waals surface area contributed by atoms with E-state index in [9.17, 15) is 18.0 Å². The van der Waals surface area contributed by atoms with Crippen LogP contribution in [0.2, 0.25) is 0 Å². The fourth-order valence-electron chi connectivity index (χ4n) is 1.85. The molecular formula is C14H19F3N2O2. The number of rotatable bonds is 8. The molecule has 118 valence electrons. The minimum atomic E-state index is -4.13. The molecule has 1 aromatic rings. The van der Waals surface area contributed by atoms with Crippen LogP contribution in [0.15, 0.2) is 12.1 Å². The van der Waals surface area contributed by atoms with E-state index in [2.05, 4.69) is 10.3 Å². The van der Waals surface area contributed by atoms with Crippen LogP contribution < -0.4 is 5.32 Å². The van der Waals surface area contributed by atoms with Crippen LogP contribution in [0.25, 0.3) is 0 Å². The second-order valence-electron chi connectivity index (χ2n) is 4.79. The molecule has 0 aliphatic rings. The van der Waals surface area contributed by atoms with Crippen molar-refractivity contribution >= 4 is 11.8 Å². The number of unbranched alkanes of at least 4 members (excludes halogenated alkanes) is 1. The number of hydrogen-bond donors (Lipinski definition) is 2. The van der Waals surface area contributed by atoms with E-state index < -0.39 is 18.6 Å². The van der Waals surface area contributed by atoms with Gasteiger partial charge in [-0.2, -0.15) is 13.2 Å². The first-order valence-electron chi connectivity index (χ1n) is 6.86. The lowest BCUT2D eigenvalue weighted by molar-refractivity contribution is -0.135. The molecule has 0 aromatic carbocycles. The molecule has 4 nitrogen and oxygen atoms in total. The Labute approximate surface area is 121 Å². The van der Waals surface area contributed by atoms with Crippen LogP contribution in [0.5, 0.6) is 0 Å². The van der Waals surface area contributed by atoms with E-state index in [1.54, 1.807) is 0 Å². The molecule has 0 radical (unpaired) electrons. The van der Waals surface area contributed by atoms with Crippen LogP contribution in [0.4, 0.5) is 19.0 Å². The number of hydrogen-bond acceptors (Lipinski definition) is 3. The monoisotopic (exact) mass is 304 g/mol. The second kappa shape index (κ2) is 7.85. The molecule has 0 fully saturated rings.